The molecule has 3 rings (SSSR count). The summed E-state index contributed by atoms with van der Waals surface area (Å²) in [4.78, 5) is 27.2. The Hall–Kier alpha value is -3.26. The van der Waals surface area contributed by atoms with E-state index in [4.69, 9.17) is 4.74 Å². The molecular weight excluding hydrogens is 378 g/mol. The summed E-state index contributed by atoms with van der Waals surface area (Å²) in [6.45, 7) is 3.95. The predicted molar refractivity (Wildman–Crippen MR) is 108 cm³/mol. The molecule has 1 heterocycles. The Bertz CT molecular complexity index is 999. The molecule has 0 atom stereocenters. The number of aromatic nitrogens is 1. The largest absolute Gasteiger partial charge is 0.486 e. The zero-order chi connectivity index (χ0) is 20.1. The Kier molecular flexibility index (Phi) is 6.00. The molecule has 2 aromatic carbocycles. The second-order valence-corrected chi connectivity index (χ2v) is 7.21. The number of nitrogens with one attached hydrogen (secondary N) is 1. The number of nitro groups is 1. The lowest BCUT2D eigenvalue weighted by molar-refractivity contribution is -0.385. The van der Waals surface area contributed by atoms with Crippen molar-refractivity contribution in [3.8, 4) is 5.75 Å². The van der Waals surface area contributed by atoms with Crippen LogP contribution >= 0.6 is 11.3 Å². The van der Waals surface area contributed by atoms with Gasteiger partial charge in [0, 0.05) is 11.4 Å². The monoisotopic (exact) mass is 397 g/mol. The summed E-state index contributed by atoms with van der Waals surface area (Å²) in [7, 11) is 0. The summed E-state index contributed by atoms with van der Waals surface area (Å²) in [5, 5.41) is 16.3. The zero-order valence-corrected chi connectivity index (χ0v) is 16.3. The number of nitrogens with zero attached hydrogens (tertiary/aromatic N) is 2. The maximum atomic E-state index is 12.3. The van der Waals surface area contributed by atoms with E-state index in [2.05, 4.69) is 10.3 Å². The van der Waals surface area contributed by atoms with Crippen molar-refractivity contribution < 1.29 is 14.5 Å². The van der Waals surface area contributed by atoms with Crippen molar-refractivity contribution in [3.05, 3.63) is 79.8 Å². The van der Waals surface area contributed by atoms with E-state index in [1.165, 1.54) is 17.4 Å². The van der Waals surface area contributed by atoms with Gasteiger partial charge in [-0.05, 0) is 32.0 Å². The molecule has 0 bridgehead atoms. The first kappa shape index (κ1) is 19.5. The quantitative estimate of drug-likeness (QED) is 0.470. The fraction of sp³-hybridized carbons (Fsp3) is 0.200. The standard InChI is InChI=1S/C20H19N3O4S/c1-13-6-8-16(9-7-13)27-11-20-21-15(12-28-20)10-19(24)22-17-4-3-5-18(14(17)2)23(25)26/h3-9,12H,10-11H2,1-2H3,(H,22,24). The number of ether oxygens (including phenoxy) is 1. The highest BCUT2D eigenvalue weighted by molar-refractivity contribution is 7.09. The van der Waals surface area contributed by atoms with E-state index < -0.39 is 4.92 Å². The van der Waals surface area contributed by atoms with Crippen LogP contribution in [0, 0.1) is 24.0 Å². The second-order valence-electron chi connectivity index (χ2n) is 6.27. The molecule has 1 N–H and O–H groups in total. The molecule has 0 spiro atoms. The average molecular weight is 397 g/mol. The molecule has 0 fully saturated rings. The minimum Gasteiger partial charge on any atom is -0.486 e. The van der Waals surface area contributed by atoms with Crippen molar-refractivity contribution in [1.82, 2.24) is 4.98 Å². The first-order valence-corrected chi connectivity index (χ1v) is 9.47. The Morgan fingerprint density at radius 2 is 1.96 bits per heavy atom. The number of carbonyl (C=O) groups excluding carboxylic acids is 1. The van der Waals surface area contributed by atoms with E-state index in [1.807, 2.05) is 36.6 Å². The average Bonchev–Trinajstić information content (AvgIpc) is 3.10. The van der Waals surface area contributed by atoms with Crippen molar-refractivity contribution >= 4 is 28.6 Å². The van der Waals surface area contributed by atoms with Crippen molar-refractivity contribution in [1.29, 1.82) is 0 Å². The Balaban J connectivity index is 1.57. The Morgan fingerprint density at radius 3 is 2.68 bits per heavy atom. The van der Waals surface area contributed by atoms with Crippen LogP contribution in [0.25, 0.3) is 0 Å². The topological polar surface area (TPSA) is 94.4 Å². The van der Waals surface area contributed by atoms with Crippen LogP contribution in [0.5, 0.6) is 5.75 Å². The Labute approximate surface area is 166 Å². The smallest absolute Gasteiger partial charge is 0.274 e. The lowest BCUT2D eigenvalue weighted by atomic mass is 10.1. The van der Waals surface area contributed by atoms with Gasteiger partial charge >= 0.3 is 0 Å². The minimum absolute atomic E-state index is 0.0259. The second kappa shape index (κ2) is 8.62. The van der Waals surface area contributed by atoms with Gasteiger partial charge in [0.2, 0.25) is 5.91 Å². The predicted octanol–water partition coefficient (Wildman–Crippen LogP) is 4.43. The molecule has 0 saturated heterocycles. The molecule has 0 saturated carbocycles. The fourth-order valence-electron chi connectivity index (χ4n) is 2.59. The van der Waals surface area contributed by atoms with Gasteiger partial charge in [0.25, 0.3) is 5.69 Å². The highest BCUT2D eigenvalue weighted by atomic mass is 32.1. The van der Waals surface area contributed by atoms with Crippen molar-refractivity contribution in [2.24, 2.45) is 0 Å². The van der Waals surface area contributed by atoms with Crippen molar-refractivity contribution in [2.75, 3.05) is 5.32 Å². The van der Waals surface area contributed by atoms with Crippen LogP contribution in [-0.4, -0.2) is 15.8 Å². The molecule has 8 heteroatoms. The molecule has 0 aliphatic heterocycles. The molecule has 3 aromatic rings. The fourth-order valence-corrected chi connectivity index (χ4v) is 3.30. The Morgan fingerprint density at radius 1 is 1.21 bits per heavy atom. The number of hydrogen-bond donors (Lipinski definition) is 1. The van der Waals surface area contributed by atoms with Gasteiger partial charge < -0.3 is 10.1 Å². The summed E-state index contributed by atoms with van der Waals surface area (Å²) < 4.78 is 5.70. The molecule has 0 radical (unpaired) electrons. The van der Waals surface area contributed by atoms with Crippen LogP contribution in [0.2, 0.25) is 0 Å². The number of amides is 1. The summed E-state index contributed by atoms with van der Waals surface area (Å²) in [5.74, 6) is 0.487. The molecule has 0 unspecified atom stereocenters. The van der Waals surface area contributed by atoms with Crippen molar-refractivity contribution in [2.45, 2.75) is 26.9 Å². The number of anilines is 1. The van der Waals surface area contributed by atoms with E-state index in [0.29, 0.717) is 23.6 Å². The van der Waals surface area contributed by atoms with Gasteiger partial charge in [-0.15, -0.1) is 11.3 Å². The van der Waals surface area contributed by atoms with Gasteiger partial charge in [-0.1, -0.05) is 23.8 Å². The molecule has 0 aliphatic rings. The molecule has 7 nitrogen and oxygen atoms in total. The van der Waals surface area contributed by atoms with Crippen LogP contribution in [-0.2, 0) is 17.8 Å². The number of nitro benzene ring substituents is 1. The van der Waals surface area contributed by atoms with Gasteiger partial charge in [0.1, 0.15) is 17.4 Å². The van der Waals surface area contributed by atoms with Gasteiger partial charge in [0.05, 0.1) is 28.3 Å². The van der Waals surface area contributed by atoms with Gasteiger partial charge in [-0.2, -0.15) is 0 Å². The van der Waals surface area contributed by atoms with E-state index in [-0.39, 0.29) is 18.0 Å². The molecule has 1 aromatic heterocycles. The van der Waals surface area contributed by atoms with E-state index in [0.717, 1.165) is 16.3 Å². The highest BCUT2D eigenvalue weighted by Crippen LogP contribution is 2.25. The molecule has 144 valence electrons. The molecule has 0 aliphatic carbocycles. The zero-order valence-electron chi connectivity index (χ0n) is 15.5. The molecule has 1 amide bonds. The van der Waals surface area contributed by atoms with Gasteiger partial charge in [-0.3, -0.25) is 14.9 Å². The van der Waals surface area contributed by atoms with Crippen LogP contribution in [0.15, 0.2) is 47.8 Å². The minimum atomic E-state index is -0.467. The lowest BCUT2D eigenvalue weighted by Gasteiger charge is -2.07. The highest BCUT2D eigenvalue weighted by Gasteiger charge is 2.15. The normalized spacial score (nSPS) is 10.5. The van der Waals surface area contributed by atoms with Crippen LogP contribution in [0.4, 0.5) is 11.4 Å². The molecule has 28 heavy (non-hydrogen) atoms. The van der Waals surface area contributed by atoms with Gasteiger partial charge in [-0.25, -0.2) is 4.98 Å². The lowest BCUT2D eigenvalue weighted by Crippen LogP contribution is -2.15. The van der Waals surface area contributed by atoms with Crippen LogP contribution < -0.4 is 10.1 Å². The van der Waals surface area contributed by atoms with E-state index in [1.54, 1.807) is 19.1 Å². The number of thiazole rings is 1. The third-order valence-corrected chi connectivity index (χ3v) is 4.97. The maximum absolute atomic E-state index is 12.3. The number of aryl methyl sites for hydroxylation is 1. The van der Waals surface area contributed by atoms with Gasteiger partial charge in [0.15, 0.2) is 0 Å². The van der Waals surface area contributed by atoms with E-state index >= 15 is 0 Å². The third kappa shape index (κ3) is 4.92. The third-order valence-electron chi connectivity index (χ3n) is 4.10. The first-order valence-electron chi connectivity index (χ1n) is 8.59. The first-order chi connectivity index (χ1) is 13.4. The maximum Gasteiger partial charge on any atom is 0.274 e. The number of hydrogen-bond acceptors (Lipinski definition) is 6. The number of rotatable bonds is 7. The summed E-state index contributed by atoms with van der Waals surface area (Å²) in [6, 6.07) is 12.3. The van der Waals surface area contributed by atoms with Crippen molar-refractivity contribution in [3.63, 3.8) is 0 Å². The summed E-state index contributed by atoms with van der Waals surface area (Å²) in [5.41, 5.74) is 2.62. The van der Waals surface area contributed by atoms with Crippen LogP contribution in [0.3, 0.4) is 0 Å². The molecular formula is C20H19N3O4S. The van der Waals surface area contributed by atoms with E-state index in [9.17, 15) is 14.9 Å². The SMILES string of the molecule is Cc1ccc(OCc2nc(CC(=O)Nc3cccc([N+](=O)[O-])c3C)cs2)cc1. The number of benzene rings is 2. The summed E-state index contributed by atoms with van der Waals surface area (Å²) in [6.07, 6.45) is 0.0865. The van der Waals surface area contributed by atoms with Crippen LogP contribution in [0.1, 0.15) is 21.8 Å². The summed E-state index contributed by atoms with van der Waals surface area (Å²) >= 11 is 1.42. The number of carbonyl (C=O) groups is 1.